The molecule has 0 atom stereocenters. The zero-order valence-electron chi connectivity index (χ0n) is 18.6. The third kappa shape index (κ3) is 5.05. The summed E-state index contributed by atoms with van der Waals surface area (Å²) in [6, 6.07) is 14.5. The van der Waals surface area contributed by atoms with E-state index in [1.807, 2.05) is 37.3 Å². The molecule has 176 valence electrons. The monoisotopic (exact) mass is 479 g/mol. The Bertz CT molecular complexity index is 1390. The van der Waals surface area contributed by atoms with Crippen molar-refractivity contribution in [3.8, 4) is 0 Å². The third-order valence-electron chi connectivity index (χ3n) is 5.18. The van der Waals surface area contributed by atoms with Gasteiger partial charge in [0, 0.05) is 32.0 Å². The van der Waals surface area contributed by atoms with Crippen molar-refractivity contribution in [1.82, 2.24) is 23.9 Å². The molecule has 1 amide bonds. The Hall–Kier alpha value is -3.83. The van der Waals surface area contributed by atoms with Gasteiger partial charge in [0.05, 0.1) is 6.20 Å². The largest absolute Gasteiger partial charge is 0.366 e. The van der Waals surface area contributed by atoms with E-state index in [4.69, 9.17) is 5.73 Å². The Morgan fingerprint density at radius 3 is 2.56 bits per heavy atom. The third-order valence-corrected chi connectivity index (χ3v) is 7.02. The van der Waals surface area contributed by atoms with Gasteiger partial charge in [-0.1, -0.05) is 43.3 Å². The number of aromatic nitrogens is 4. The number of fused-ring (bicyclic) bond motifs is 1. The van der Waals surface area contributed by atoms with Crippen molar-refractivity contribution in [3.63, 3.8) is 0 Å². The molecule has 10 nitrogen and oxygen atoms in total. The van der Waals surface area contributed by atoms with Gasteiger partial charge in [0.25, 0.3) is 5.91 Å². The number of hydrogen-bond donors (Lipinski definition) is 2. The Kier molecular flexibility index (Phi) is 6.85. The summed E-state index contributed by atoms with van der Waals surface area (Å²) < 4.78 is 30.0. The van der Waals surface area contributed by atoms with Crippen LogP contribution in [0.4, 0.5) is 5.82 Å². The lowest BCUT2D eigenvalue weighted by molar-refractivity contribution is 0.0995. The summed E-state index contributed by atoms with van der Waals surface area (Å²) in [5, 5.41) is 7.33. The molecule has 0 aliphatic heterocycles. The van der Waals surface area contributed by atoms with Crippen LogP contribution in [0.25, 0.3) is 5.65 Å². The van der Waals surface area contributed by atoms with Crippen molar-refractivity contribution in [2.75, 3.05) is 11.9 Å². The number of rotatable bonds is 10. The van der Waals surface area contributed by atoms with Crippen molar-refractivity contribution in [2.24, 2.45) is 5.73 Å². The number of nitrogens with zero attached hydrogens (tertiary/aromatic N) is 5. The van der Waals surface area contributed by atoms with Crippen LogP contribution in [0, 0.1) is 0 Å². The summed E-state index contributed by atoms with van der Waals surface area (Å²) >= 11 is 0. The van der Waals surface area contributed by atoms with Gasteiger partial charge in [0.15, 0.2) is 5.65 Å². The molecule has 0 saturated carbocycles. The average Bonchev–Trinajstić information content (AvgIpc) is 3.27. The molecule has 4 aromatic rings. The summed E-state index contributed by atoms with van der Waals surface area (Å²) in [5.74, 6) is -0.112. The van der Waals surface area contributed by atoms with E-state index in [9.17, 15) is 13.2 Å². The van der Waals surface area contributed by atoms with Gasteiger partial charge in [-0.2, -0.15) is 9.40 Å². The van der Waals surface area contributed by atoms with Crippen LogP contribution in [0.15, 0.2) is 72.0 Å². The van der Waals surface area contributed by atoms with Gasteiger partial charge in [0.1, 0.15) is 16.4 Å². The van der Waals surface area contributed by atoms with Gasteiger partial charge in [0.2, 0.25) is 10.0 Å². The minimum absolute atomic E-state index is 0.0491. The van der Waals surface area contributed by atoms with Gasteiger partial charge in [-0.05, 0) is 29.7 Å². The normalized spacial score (nSPS) is 11.7. The number of nitrogens with two attached hydrogens (primary N) is 1. The lowest BCUT2D eigenvalue weighted by Gasteiger charge is -2.21. The minimum Gasteiger partial charge on any atom is -0.366 e. The Labute approximate surface area is 197 Å². The quantitative estimate of drug-likeness (QED) is 0.356. The van der Waals surface area contributed by atoms with Crippen LogP contribution >= 0.6 is 0 Å². The molecule has 4 rings (SSSR count). The van der Waals surface area contributed by atoms with Crippen LogP contribution in [-0.4, -0.2) is 44.8 Å². The van der Waals surface area contributed by atoms with Crippen LogP contribution < -0.4 is 11.1 Å². The number of carbonyl (C=O) groups is 1. The second-order valence-corrected chi connectivity index (χ2v) is 9.59. The van der Waals surface area contributed by atoms with Crippen molar-refractivity contribution in [3.05, 3.63) is 83.9 Å². The first-order valence-corrected chi connectivity index (χ1v) is 12.2. The molecule has 11 heteroatoms. The van der Waals surface area contributed by atoms with Gasteiger partial charge in [-0.3, -0.25) is 9.78 Å². The molecule has 0 radical (unpaired) electrons. The van der Waals surface area contributed by atoms with Gasteiger partial charge < -0.3 is 11.1 Å². The van der Waals surface area contributed by atoms with Crippen LogP contribution in [0.1, 0.15) is 35.0 Å². The molecule has 0 aliphatic rings. The number of sulfonamides is 1. The molecule has 0 aliphatic carbocycles. The number of primary amides is 1. The topological polar surface area (TPSA) is 136 Å². The SMILES string of the molecule is CCCN(Cc1ccccc1)S(=O)(=O)c1cnn2ccc(NCc3ccc(C(N)=O)nc3)nc12. The summed E-state index contributed by atoms with van der Waals surface area (Å²) in [6.45, 7) is 2.96. The van der Waals surface area contributed by atoms with Crippen molar-refractivity contribution in [2.45, 2.75) is 31.3 Å². The number of pyridine rings is 1. The second kappa shape index (κ2) is 9.98. The van der Waals surface area contributed by atoms with Crippen LogP contribution in [0.5, 0.6) is 0 Å². The fourth-order valence-corrected chi connectivity index (χ4v) is 5.03. The molecular weight excluding hydrogens is 454 g/mol. The number of nitrogens with one attached hydrogen (secondary N) is 1. The number of hydrogen-bond acceptors (Lipinski definition) is 7. The lowest BCUT2D eigenvalue weighted by atomic mass is 10.2. The van der Waals surface area contributed by atoms with Crippen molar-refractivity contribution < 1.29 is 13.2 Å². The van der Waals surface area contributed by atoms with E-state index < -0.39 is 15.9 Å². The molecule has 3 aromatic heterocycles. The highest BCUT2D eigenvalue weighted by Crippen LogP contribution is 2.23. The molecule has 0 saturated heterocycles. The average molecular weight is 480 g/mol. The highest BCUT2D eigenvalue weighted by molar-refractivity contribution is 7.89. The molecule has 0 fully saturated rings. The summed E-state index contributed by atoms with van der Waals surface area (Å²) in [7, 11) is -3.84. The molecule has 3 N–H and O–H groups in total. The fourth-order valence-electron chi connectivity index (χ4n) is 3.46. The number of amides is 1. The zero-order chi connectivity index (χ0) is 24.1. The van der Waals surface area contributed by atoms with Gasteiger partial charge >= 0.3 is 0 Å². The van der Waals surface area contributed by atoms with E-state index in [2.05, 4.69) is 20.4 Å². The first-order valence-electron chi connectivity index (χ1n) is 10.8. The molecule has 0 spiro atoms. The zero-order valence-corrected chi connectivity index (χ0v) is 19.4. The van der Waals surface area contributed by atoms with Gasteiger partial charge in [-0.25, -0.2) is 17.9 Å². The molecule has 0 bridgehead atoms. The predicted octanol–water partition coefficient (Wildman–Crippen LogP) is 2.44. The van der Waals surface area contributed by atoms with Crippen LogP contribution in [0.2, 0.25) is 0 Å². The number of benzene rings is 1. The Balaban J connectivity index is 1.58. The molecule has 0 unspecified atom stereocenters. The maximum Gasteiger partial charge on any atom is 0.267 e. The van der Waals surface area contributed by atoms with Crippen molar-refractivity contribution >= 4 is 27.4 Å². The Morgan fingerprint density at radius 1 is 1.09 bits per heavy atom. The predicted molar refractivity (Wildman–Crippen MR) is 127 cm³/mol. The lowest BCUT2D eigenvalue weighted by Crippen LogP contribution is -2.31. The smallest absolute Gasteiger partial charge is 0.267 e. The van der Waals surface area contributed by atoms with Gasteiger partial charge in [-0.15, -0.1) is 0 Å². The van der Waals surface area contributed by atoms with Crippen LogP contribution in [0.3, 0.4) is 0 Å². The fraction of sp³-hybridized carbons (Fsp3) is 0.217. The summed E-state index contributed by atoms with van der Waals surface area (Å²) in [5.41, 5.74) is 7.35. The first-order chi connectivity index (χ1) is 16.4. The van der Waals surface area contributed by atoms with E-state index in [0.29, 0.717) is 25.3 Å². The number of anilines is 1. The number of carbonyl (C=O) groups excluding carboxylic acids is 1. The van der Waals surface area contributed by atoms with E-state index in [-0.39, 0.29) is 22.8 Å². The van der Waals surface area contributed by atoms with E-state index in [1.165, 1.54) is 15.0 Å². The molecule has 1 aromatic carbocycles. The maximum atomic E-state index is 13.5. The van der Waals surface area contributed by atoms with E-state index in [0.717, 1.165) is 11.1 Å². The molecule has 34 heavy (non-hydrogen) atoms. The van der Waals surface area contributed by atoms with E-state index in [1.54, 1.807) is 30.6 Å². The standard InChI is InChI=1S/C23H25N7O3S/c1-2-11-29(16-17-6-4-3-5-7-17)34(32,33)20-15-27-30-12-10-21(28-23(20)30)26-14-18-8-9-19(22(24)31)25-13-18/h3-10,12-13,15H,2,11,14,16H2,1H3,(H2,24,31)(H,26,28). The highest BCUT2D eigenvalue weighted by atomic mass is 32.2. The minimum atomic E-state index is -3.84. The van der Waals surface area contributed by atoms with E-state index >= 15 is 0 Å². The molecular formula is C23H25N7O3S. The first kappa shape index (κ1) is 23.3. The second-order valence-electron chi connectivity index (χ2n) is 7.68. The summed E-state index contributed by atoms with van der Waals surface area (Å²) in [4.78, 5) is 19.7. The summed E-state index contributed by atoms with van der Waals surface area (Å²) in [6.07, 6.45) is 5.21. The maximum absolute atomic E-state index is 13.5. The highest BCUT2D eigenvalue weighted by Gasteiger charge is 2.28. The van der Waals surface area contributed by atoms with Crippen molar-refractivity contribution in [1.29, 1.82) is 0 Å². The van der Waals surface area contributed by atoms with Crippen LogP contribution in [-0.2, 0) is 23.1 Å². The molecule has 3 heterocycles. The Morgan fingerprint density at radius 2 is 1.88 bits per heavy atom.